The van der Waals surface area contributed by atoms with Crippen molar-refractivity contribution < 1.29 is 13.2 Å². The van der Waals surface area contributed by atoms with Crippen molar-refractivity contribution in [3.05, 3.63) is 4.80 Å². The predicted molar refractivity (Wildman–Crippen MR) is 53.6 cm³/mol. The number of aryl methyl sites for hydroxylation is 1. The van der Waals surface area contributed by atoms with Gasteiger partial charge in [-0.05, 0) is 7.05 Å². The first-order valence-electron chi connectivity index (χ1n) is 3.90. The van der Waals surface area contributed by atoms with E-state index >= 15 is 0 Å². The summed E-state index contributed by atoms with van der Waals surface area (Å²) < 4.78 is 26.0. The minimum absolute atomic E-state index is 0.118. The van der Waals surface area contributed by atoms with E-state index in [0.717, 1.165) is 11.3 Å². The second-order valence-corrected chi connectivity index (χ2v) is 5.63. The first-order chi connectivity index (χ1) is 6.86. The van der Waals surface area contributed by atoms with Gasteiger partial charge in [0.15, 0.2) is 0 Å². The number of nitrogens with zero attached hydrogens (tertiary/aromatic N) is 3. The summed E-state index contributed by atoms with van der Waals surface area (Å²) in [5, 5.41) is 3.74. The van der Waals surface area contributed by atoms with Gasteiger partial charge in [0.1, 0.15) is 0 Å². The van der Waals surface area contributed by atoms with Crippen LogP contribution in [0.4, 0.5) is 0 Å². The van der Waals surface area contributed by atoms with E-state index in [9.17, 15) is 13.2 Å². The van der Waals surface area contributed by atoms with Crippen LogP contribution in [0, 0.1) is 0 Å². The number of aromatic nitrogens is 2. The maximum Gasteiger partial charge on any atom is 0.269 e. The molecule has 1 heterocycles. The molecule has 0 aliphatic heterocycles. The van der Waals surface area contributed by atoms with Crippen molar-refractivity contribution in [1.29, 1.82) is 0 Å². The number of amides is 1. The van der Waals surface area contributed by atoms with Crippen LogP contribution in [0.3, 0.4) is 0 Å². The molecule has 0 aromatic carbocycles. The summed E-state index contributed by atoms with van der Waals surface area (Å²) in [6.45, 7) is 1.28. The maximum atomic E-state index is 11.3. The third-order valence-electron chi connectivity index (χ3n) is 1.44. The lowest BCUT2D eigenvalue weighted by Crippen LogP contribution is -2.18. The molecule has 0 saturated heterocycles. The molecule has 0 aliphatic carbocycles. The highest BCUT2D eigenvalue weighted by atomic mass is 32.2. The minimum Gasteiger partial charge on any atom is -0.273 e. The number of rotatable bonds is 2. The molecule has 1 N–H and O–H groups in total. The second-order valence-electron chi connectivity index (χ2n) is 2.61. The molecule has 1 amide bonds. The van der Waals surface area contributed by atoms with Gasteiger partial charge in [0.2, 0.25) is 15.0 Å². The quantitative estimate of drug-likeness (QED) is 0.716. The van der Waals surface area contributed by atoms with Gasteiger partial charge in [0.25, 0.3) is 10.0 Å². The van der Waals surface area contributed by atoms with Gasteiger partial charge in [-0.1, -0.05) is 11.3 Å². The van der Waals surface area contributed by atoms with E-state index in [1.807, 2.05) is 0 Å². The topological polar surface area (TPSA) is 93.4 Å². The van der Waals surface area contributed by atoms with Gasteiger partial charge in [-0.25, -0.2) is 17.8 Å². The highest BCUT2D eigenvalue weighted by molar-refractivity contribution is 7.91. The van der Waals surface area contributed by atoms with Crippen LogP contribution in [-0.4, -0.2) is 31.2 Å². The molecule has 1 rings (SSSR count). The molecule has 0 atom stereocenters. The van der Waals surface area contributed by atoms with E-state index in [0.29, 0.717) is 0 Å². The third kappa shape index (κ3) is 2.70. The van der Waals surface area contributed by atoms with Gasteiger partial charge in [0, 0.05) is 14.0 Å². The maximum absolute atomic E-state index is 11.3. The van der Waals surface area contributed by atoms with Gasteiger partial charge in [-0.2, -0.15) is 4.99 Å². The molecule has 0 spiro atoms. The number of hydrogen-bond acceptors (Lipinski definition) is 5. The van der Waals surface area contributed by atoms with E-state index in [2.05, 4.69) is 14.8 Å². The van der Waals surface area contributed by atoms with Crippen molar-refractivity contribution >= 4 is 27.3 Å². The molecule has 7 nitrogen and oxygen atoms in total. The normalized spacial score (nSPS) is 13.1. The van der Waals surface area contributed by atoms with E-state index in [1.165, 1.54) is 25.7 Å². The molecule has 84 valence electrons. The van der Waals surface area contributed by atoms with Gasteiger partial charge >= 0.3 is 0 Å². The van der Waals surface area contributed by atoms with Crippen LogP contribution < -0.4 is 9.52 Å². The Hall–Kier alpha value is -1.06. The zero-order valence-electron chi connectivity index (χ0n) is 8.38. The standard InChI is InChI=1S/C6H10N4O3S2/c1-4(11)8-5-10(3)9-6(14-5)15(12,13)7-2/h7H,1-3H3/b8-5+. The Kier molecular flexibility index (Phi) is 3.37. The first-order valence-corrected chi connectivity index (χ1v) is 6.20. The largest absolute Gasteiger partial charge is 0.273 e. The Morgan fingerprint density at radius 3 is 2.67 bits per heavy atom. The predicted octanol–water partition coefficient (Wildman–Crippen LogP) is -1.16. The number of carbonyl (C=O) groups excluding carboxylic acids is 1. The summed E-state index contributed by atoms with van der Waals surface area (Å²) in [4.78, 5) is 14.6. The minimum atomic E-state index is -3.57. The van der Waals surface area contributed by atoms with Crippen LogP contribution in [0.5, 0.6) is 0 Å². The summed E-state index contributed by atoms with van der Waals surface area (Å²) >= 11 is 0.833. The number of nitrogens with one attached hydrogen (secondary N) is 1. The number of sulfonamides is 1. The Morgan fingerprint density at radius 1 is 1.60 bits per heavy atom. The fraction of sp³-hybridized carbons (Fsp3) is 0.500. The van der Waals surface area contributed by atoms with E-state index in [-0.39, 0.29) is 9.14 Å². The highest BCUT2D eigenvalue weighted by Gasteiger charge is 2.17. The molecule has 9 heteroatoms. The molecule has 0 bridgehead atoms. The molecule has 0 radical (unpaired) electrons. The van der Waals surface area contributed by atoms with E-state index in [1.54, 1.807) is 0 Å². The molecule has 0 fully saturated rings. The Labute approximate surface area is 90.5 Å². The Bertz CT molecular complexity index is 539. The number of hydrogen-bond donors (Lipinski definition) is 1. The summed E-state index contributed by atoms with van der Waals surface area (Å²) in [5.74, 6) is -0.400. The molecule has 0 saturated carbocycles. The van der Waals surface area contributed by atoms with Crippen LogP contribution in [-0.2, 0) is 21.9 Å². The van der Waals surface area contributed by atoms with Crippen LogP contribution in [0.1, 0.15) is 6.92 Å². The van der Waals surface area contributed by atoms with Crippen molar-refractivity contribution in [2.45, 2.75) is 11.3 Å². The SMILES string of the molecule is CNS(=O)(=O)c1nn(C)/c(=N\C(C)=O)s1. The van der Waals surface area contributed by atoms with Gasteiger partial charge in [-0.15, -0.1) is 5.10 Å². The summed E-state index contributed by atoms with van der Waals surface area (Å²) in [6.07, 6.45) is 0. The van der Waals surface area contributed by atoms with Crippen molar-refractivity contribution in [2.75, 3.05) is 7.05 Å². The molecule has 0 aliphatic rings. The lowest BCUT2D eigenvalue weighted by atomic mass is 10.8. The number of carbonyl (C=O) groups is 1. The average molecular weight is 250 g/mol. The third-order valence-corrected chi connectivity index (χ3v) is 4.22. The van der Waals surface area contributed by atoms with E-state index < -0.39 is 15.9 Å². The van der Waals surface area contributed by atoms with Crippen LogP contribution in [0.25, 0.3) is 0 Å². The summed E-state index contributed by atoms with van der Waals surface area (Å²) in [6, 6.07) is 0. The molecular formula is C6H10N4O3S2. The Morgan fingerprint density at radius 2 is 2.20 bits per heavy atom. The molecule has 1 aromatic rings. The molecular weight excluding hydrogens is 240 g/mol. The van der Waals surface area contributed by atoms with Crippen molar-refractivity contribution in [3.63, 3.8) is 0 Å². The van der Waals surface area contributed by atoms with Crippen LogP contribution in [0.15, 0.2) is 9.33 Å². The van der Waals surface area contributed by atoms with Crippen molar-refractivity contribution in [1.82, 2.24) is 14.5 Å². The van der Waals surface area contributed by atoms with Crippen LogP contribution in [0.2, 0.25) is 0 Å². The smallest absolute Gasteiger partial charge is 0.269 e. The zero-order chi connectivity index (χ0) is 11.6. The molecule has 15 heavy (non-hydrogen) atoms. The lowest BCUT2D eigenvalue weighted by Gasteiger charge is -1.93. The van der Waals surface area contributed by atoms with Gasteiger partial charge in [0.05, 0.1) is 0 Å². The Balaban J connectivity index is 3.36. The fourth-order valence-electron chi connectivity index (χ4n) is 0.756. The van der Waals surface area contributed by atoms with Crippen molar-refractivity contribution in [3.8, 4) is 0 Å². The van der Waals surface area contributed by atoms with Crippen molar-refractivity contribution in [2.24, 2.45) is 12.0 Å². The average Bonchev–Trinajstić information content (AvgIpc) is 2.48. The monoisotopic (exact) mass is 250 g/mol. The van der Waals surface area contributed by atoms with Crippen LogP contribution >= 0.6 is 11.3 Å². The first kappa shape index (κ1) is 12.0. The zero-order valence-corrected chi connectivity index (χ0v) is 10.0. The van der Waals surface area contributed by atoms with E-state index in [4.69, 9.17) is 0 Å². The summed E-state index contributed by atoms with van der Waals surface area (Å²) in [7, 11) is -0.759. The van der Waals surface area contributed by atoms with Gasteiger partial charge in [-0.3, -0.25) is 4.79 Å². The molecule has 1 aromatic heterocycles. The second kappa shape index (κ2) is 4.21. The van der Waals surface area contributed by atoms with Gasteiger partial charge < -0.3 is 0 Å². The molecule has 0 unspecified atom stereocenters. The summed E-state index contributed by atoms with van der Waals surface area (Å²) in [5.41, 5.74) is 0. The highest BCUT2D eigenvalue weighted by Crippen LogP contribution is 2.06. The fourth-order valence-corrected chi connectivity index (χ4v) is 2.74. The lowest BCUT2D eigenvalue weighted by molar-refractivity contribution is -0.116.